The van der Waals surface area contributed by atoms with Gasteiger partial charge in [0.1, 0.15) is 11.6 Å². The van der Waals surface area contributed by atoms with E-state index in [4.69, 9.17) is 0 Å². The smallest absolute Gasteiger partial charge is 0.149 e. The minimum atomic E-state index is -0.602. The molecule has 1 N–H and O–H groups in total. The fourth-order valence-corrected chi connectivity index (χ4v) is 2.91. The Labute approximate surface area is 124 Å². The van der Waals surface area contributed by atoms with E-state index in [0.29, 0.717) is 5.69 Å². The zero-order chi connectivity index (χ0) is 14.1. The Kier molecular flexibility index (Phi) is 3.70. The molecule has 1 heterocycles. The molecule has 2 nitrogen and oxygen atoms in total. The summed E-state index contributed by atoms with van der Waals surface area (Å²) in [5.74, 6) is -1.19. The van der Waals surface area contributed by atoms with E-state index < -0.39 is 11.6 Å². The van der Waals surface area contributed by atoms with Crippen molar-refractivity contribution >= 4 is 21.6 Å². The maximum atomic E-state index is 13.8. The van der Waals surface area contributed by atoms with E-state index in [1.807, 2.05) is 12.1 Å². The van der Waals surface area contributed by atoms with Crippen LogP contribution in [0.3, 0.4) is 0 Å². The Morgan fingerprint density at radius 2 is 2.10 bits per heavy atom. The van der Waals surface area contributed by atoms with E-state index in [9.17, 15) is 8.78 Å². The molecular weight excluding hydrogens is 326 g/mol. The van der Waals surface area contributed by atoms with Gasteiger partial charge in [0.2, 0.25) is 0 Å². The van der Waals surface area contributed by atoms with Crippen LogP contribution in [0.25, 0.3) is 0 Å². The molecule has 0 radical (unpaired) electrons. The lowest BCUT2D eigenvalue weighted by atomic mass is 9.92. The third kappa shape index (κ3) is 2.54. The van der Waals surface area contributed by atoms with Crippen LogP contribution < -0.4 is 5.32 Å². The maximum Gasteiger partial charge on any atom is 0.149 e. The van der Waals surface area contributed by atoms with Crippen molar-refractivity contribution in [2.75, 3.05) is 5.32 Å². The van der Waals surface area contributed by atoms with Gasteiger partial charge in [0.25, 0.3) is 0 Å². The largest absolute Gasteiger partial charge is 0.374 e. The molecule has 3 rings (SSSR count). The minimum Gasteiger partial charge on any atom is -0.374 e. The molecule has 1 aromatic heterocycles. The molecule has 0 saturated heterocycles. The van der Waals surface area contributed by atoms with Crippen LogP contribution in [0.5, 0.6) is 0 Å². The maximum absolute atomic E-state index is 13.8. The summed E-state index contributed by atoms with van der Waals surface area (Å²) in [6, 6.07) is 6.24. The summed E-state index contributed by atoms with van der Waals surface area (Å²) in [6.07, 6.45) is 4.66. The third-order valence-corrected chi connectivity index (χ3v) is 4.14. The average molecular weight is 339 g/mol. The number of aromatic nitrogens is 1. The Bertz CT molecular complexity index is 646. The van der Waals surface area contributed by atoms with E-state index in [0.717, 1.165) is 31.0 Å². The van der Waals surface area contributed by atoms with Crippen molar-refractivity contribution in [2.24, 2.45) is 0 Å². The minimum absolute atomic E-state index is 0.0354. The summed E-state index contributed by atoms with van der Waals surface area (Å²) < 4.78 is 27.3. The number of anilines is 1. The molecule has 104 valence electrons. The molecule has 1 unspecified atom stereocenters. The quantitative estimate of drug-likeness (QED) is 0.808. The summed E-state index contributed by atoms with van der Waals surface area (Å²) >= 11 is 3.08. The summed E-state index contributed by atoms with van der Waals surface area (Å²) in [6.45, 7) is 0. The molecule has 0 aliphatic heterocycles. The highest BCUT2D eigenvalue weighted by atomic mass is 79.9. The molecule has 20 heavy (non-hydrogen) atoms. The second-order valence-corrected chi connectivity index (χ2v) is 5.74. The standard InChI is InChI=1S/C15H13BrF2N2/c16-10-7-14(12(18)8-11(10)17)20-13-5-1-3-9-4-2-6-19-15(9)13/h2,4,6-8,13,20H,1,3,5H2. The van der Waals surface area contributed by atoms with Gasteiger partial charge >= 0.3 is 0 Å². The van der Waals surface area contributed by atoms with Gasteiger partial charge in [-0.05, 0) is 52.9 Å². The molecular formula is C15H13BrF2N2. The van der Waals surface area contributed by atoms with Crippen LogP contribution >= 0.6 is 15.9 Å². The van der Waals surface area contributed by atoms with Crippen LogP contribution in [0.2, 0.25) is 0 Å². The zero-order valence-electron chi connectivity index (χ0n) is 10.7. The molecule has 0 bridgehead atoms. The van der Waals surface area contributed by atoms with Crippen molar-refractivity contribution in [3.8, 4) is 0 Å². The van der Waals surface area contributed by atoms with Gasteiger partial charge in [0.15, 0.2) is 0 Å². The molecule has 1 aromatic carbocycles. The van der Waals surface area contributed by atoms with Crippen LogP contribution in [0.4, 0.5) is 14.5 Å². The van der Waals surface area contributed by atoms with Crippen LogP contribution in [0.1, 0.15) is 30.1 Å². The Morgan fingerprint density at radius 1 is 1.25 bits per heavy atom. The normalized spacial score (nSPS) is 17.6. The van der Waals surface area contributed by atoms with Crippen molar-refractivity contribution in [1.29, 1.82) is 0 Å². The number of hydrogen-bond donors (Lipinski definition) is 1. The van der Waals surface area contributed by atoms with Gasteiger partial charge in [-0.3, -0.25) is 4.98 Å². The van der Waals surface area contributed by atoms with Gasteiger partial charge in [0.05, 0.1) is 21.9 Å². The number of hydrogen-bond acceptors (Lipinski definition) is 2. The van der Waals surface area contributed by atoms with E-state index in [1.54, 1.807) is 6.20 Å². The van der Waals surface area contributed by atoms with E-state index in [-0.39, 0.29) is 10.5 Å². The van der Waals surface area contributed by atoms with E-state index in [2.05, 4.69) is 26.2 Å². The van der Waals surface area contributed by atoms with Crippen molar-refractivity contribution < 1.29 is 8.78 Å². The van der Waals surface area contributed by atoms with E-state index in [1.165, 1.54) is 11.6 Å². The summed E-state index contributed by atoms with van der Waals surface area (Å²) in [5.41, 5.74) is 2.44. The number of nitrogens with one attached hydrogen (secondary N) is 1. The number of fused-ring (bicyclic) bond motifs is 1. The molecule has 0 amide bonds. The summed E-state index contributed by atoms with van der Waals surface area (Å²) in [5, 5.41) is 3.14. The van der Waals surface area contributed by atoms with Crippen LogP contribution in [-0.2, 0) is 6.42 Å². The van der Waals surface area contributed by atoms with Gasteiger partial charge in [-0.2, -0.15) is 0 Å². The fraction of sp³-hybridized carbons (Fsp3) is 0.267. The fourth-order valence-electron chi connectivity index (χ4n) is 2.57. The predicted octanol–water partition coefficient (Wildman–Crippen LogP) is 4.61. The topological polar surface area (TPSA) is 24.9 Å². The molecule has 0 fully saturated rings. The number of halogens is 3. The first-order valence-electron chi connectivity index (χ1n) is 6.50. The van der Waals surface area contributed by atoms with Crippen molar-refractivity contribution in [3.63, 3.8) is 0 Å². The van der Waals surface area contributed by atoms with Gasteiger partial charge in [-0.15, -0.1) is 0 Å². The highest BCUT2D eigenvalue weighted by Crippen LogP contribution is 2.33. The Hall–Kier alpha value is -1.49. The second-order valence-electron chi connectivity index (χ2n) is 4.88. The van der Waals surface area contributed by atoms with Gasteiger partial charge in [-0.1, -0.05) is 6.07 Å². The number of nitrogens with zero attached hydrogens (tertiary/aromatic N) is 1. The second kappa shape index (κ2) is 5.48. The molecule has 1 aliphatic rings. The first-order chi connectivity index (χ1) is 9.65. The van der Waals surface area contributed by atoms with Crippen LogP contribution in [-0.4, -0.2) is 4.98 Å². The first-order valence-corrected chi connectivity index (χ1v) is 7.29. The lowest BCUT2D eigenvalue weighted by molar-refractivity contribution is 0.562. The summed E-state index contributed by atoms with van der Waals surface area (Å²) in [7, 11) is 0. The number of rotatable bonds is 2. The Balaban J connectivity index is 1.91. The lowest BCUT2D eigenvalue weighted by Gasteiger charge is -2.26. The van der Waals surface area contributed by atoms with Crippen molar-refractivity contribution in [1.82, 2.24) is 4.98 Å². The molecule has 2 aromatic rings. The molecule has 1 aliphatic carbocycles. The molecule has 0 spiro atoms. The van der Waals surface area contributed by atoms with Gasteiger partial charge in [0, 0.05) is 12.3 Å². The molecule has 5 heteroatoms. The molecule has 1 atom stereocenters. The number of benzene rings is 1. The molecule has 0 saturated carbocycles. The SMILES string of the molecule is Fc1cc(F)c(NC2CCCc3cccnc32)cc1Br. The number of aryl methyl sites for hydroxylation is 1. The highest BCUT2D eigenvalue weighted by Gasteiger charge is 2.22. The van der Waals surface area contributed by atoms with Crippen LogP contribution in [0, 0.1) is 11.6 Å². The van der Waals surface area contributed by atoms with Gasteiger partial charge in [-0.25, -0.2) is 8.78 Å². The average Bonchev–Trinajstić information content (AvgIpc) is 2.45. The van der Waals surface area contributed by atoms with Gasteiger partial charge < -0.3 is 5.32 Å². The summed E-state index contributed by atoms with van der Waals surface area (Å²) in [4.78, 5) is 4.40. The van der Waals surface area contributed by atoms with Crippen molar-refractivity contribution in [2.45, 2.75) is 25.3 Å². The predicted molar refractivity (Wildman–Crippen MR) is 77.6 cm³/mol. The third-order valence-electron chi connectivity index (χ3n) is 3.53. The van der Waals surface area contributed by atoms with E-state index >= 15 is 0 Å². The van der Waals surface area contributed by atoms with Crippen LogP contribution in [0.15, 0.2) is 34.9 Å². The number of pyridine rings is 1. The zero-order valence-corrected chi connectivity index (χ0v) is 12.3. The lowest BCUT2D eigenvalue weighted by Crippen LogP contribution is -2.19. The van der Waals surface area contributed by atoms with Crippen molar-refractivity contribution in [3.05, 3.63) is 57.8 Å². The highest BCUT2D eigenvalue weighted by molar-refractivity contribution is 9.10. The monoisotopic (exact) mass is 338 g/mol. The first kappa shape index (κ1) is 13.5. The Morgan fingerprint density at radius 3 is 2.95 bits per heavy atom.